The van der Waals surface area contributed by atoms with Gasteiger partial charge in [-0.15, -0.1) is 0 Å². The third-order valence-electron chi connectivity index (χ3n) is 2.91. The molecular formula is C14H19N3OS. The number of aromatic nitrogens is 2. The highest BCUT2D eigenvalue weighted by Crippen LogP contribution is 2.20. The average molecular weight is 277 g/mol. The molecule has 0 radical (unpaired) electrons. The van der Waals surface area contributed by atoms with Gasteiger partial charge in [-0.1, -0.05) is 30.3 Å². The molecule has 2 unspecified atom stereocenters. The molecule has 0 saturated heterocycles. The summed E-state index contributed by atoms with van der Waals surface area (Å²) in [7, 11) is -0.771. The Bertz CT molecular complexity index is 539. The van der Waals surface area contributed by atoms with E-state index in [9.17, 15) is 4.21 Å². The number of hydrogen-bond donors (Lipinski definition) is 2. The topological polar surface area (TPSA) is 57.8 Å². The third kappa shape index (κ3) is 4.01. The Morgan fingerprint density at radius 2 is 2.11 bits per heavy atom. The molecule has 2 N–H and O–H groups in total. The number of nitrogens with one attached hydrogen (secondary N) is 2. The summed E-state index contributed by atoms with van der Waals surface area (Å²) >= 11 is 0. The first-order valence-electron chi connectivity index (χ1n) is 6.28. The van der Waals surface area contributed by atoms with Crippen molar-refractivity contribution >= 4 is 10.8 Å². The van der Waals surface area contributed by atoms with Gasteiger partial charge in [-0.2, -0.15) is 5.10 Å². The van der Waals surface area contributed by atoms with E-state index in [2.05, 4.69) is 27.6 Å². The highest BCUT2D eigenvalue weighted by molar-refractivity contribution is 7.84. The maximum Gasteiger partial charge on any atom is 0.0695 e. The van der Waals surface area contributed by atoms with Crippen molar-refractivity contribution in [3.8, 4) is 11.3 Å². The second-order valence-corrected chi connectivity index (χ2v) is 6.14. The van der Waals surface area contributed by atoms with Gasteiger partial charge < -0.3 is 5.32 Å². The summed E-state index contributed by atoms with van der Waals surface area (Å²) < 4.78 is 11.2. The van der Waals surface area contributed by atoms with Crippen LogP contribution in [0, 0.1) is 0 Å². The van der Waals surface area contributed by atoms with E-state index in [0.29, 0.717) is 5.75 Å². The van der Waals surface area contributed by atoms with Crippen molar-refractivity contribution in [2.75, 3.05) is 12.0 Å². The van der Waals surface area contributed by atoms with Crippen LogP contribution >= 0.6 is 0 Å². The van der Waals surface area contributed by atoms with Gasteiger partial charge in [0.25, 0.3) is 0 Å². The summed E-state index contributed by atoms with van der Waals surface area (Å²) in [4.78, 5) is 0. The van der Waals surface area contributed by atoms with E-state index in [-0.39, 0.29) is 6.04 Å². The van der Waals surface area contributed by atoms with Gasteiger partial charge in [-0.25, -0.2) is 0 Å². The van der Waals surface area contributed by atoms with Crippen LogP contribution in [0.1, 0.15) is 12.5 Å². The van der Waals surface area contributed by atoms with E-state index in [1.165, 1.54) is 0 Å². The molecule has 5 heteroatoms. The summed E-state index contributed by atoms with van der Waals surface area (Å²) in [5.74, 6) is 0.665. The molecule has 0 aliphatic carbocycles. The predicted octanol–water partition coefficient (Wildman–Crippen LogP) is 1.93. The lowest BCUT2D eigenvalue weighted by Gasteiger charge is -2.12. The van der Waals surface area contributed by atoms with Gasteiger partial charge in [-0.3, -0.25) is 9.31 Å². The van der Waals surface area contributed by atoms with Crippen molar-refractivity contribution < 1.29 is 4.21 Å². The van der Waals surface area contributed by atoms with E-state index < -0.39 is 10.8 Å². The lowest BCUT2D eigenvalue weighted by molar-refractivity contribution is 0.588. The van der Waals surface area contributed by atoms with Crippen LogP contribution in [0.15, 0.2) is 36.5 Å². The SMILES string of the molecule is CC(CS(C)=O)NCc1cn[nH]c1-c1ccccc1. The van der Waals surface area contributed by atoms with Crippen molar-refractivity contribution in [3.05, 3.63) is 42.1 Å². The number of H-pyrrole nitrogens is 1. The molecule has 0 amide bonds. The van der Waals surface area contributed by atoms with Crippen molar-refractivity contribution in [1.82, 2.24) is 15.5 Å². The molecule has 0 aliphatic rings. The van der Waals surface area contributed by atoms with Crippen LogP contribution in [-0.4, -0.2) is 32.5 Å². The maximum absolute atomic E-state index is 11.2. The zero-order valence-electron chi connectivity index (χ0n) is 11.2. The second-order valence-electron chi connectivity index (χ2n) is 4.66. The first kappa shape index (κ1) is 14.0. The summed E-state index contributed by atoms with van der Waals surface area (Å²) in [5.41, 5.74) is 3.29. The summed E-state index contributed by atoms with van der Waals surface area (Å²) in [6, 6.07) is 10.4. The Morgan fingerprint density at radius 3 is 2.79 bits per heavy atom. The van der Waals surface area contributed by atoms with Crippen molar-refractivity contribution in [2.24, 2.45) is 0 Å². The fourth-order valence-corrected chi connectivity index (χ4v) is 2.82. The number of hydrogen-bond acceptors (Lipinski definition) is 3. The van der Waals surface area contributed by atoms with Crippen LogP contribution in [0.3, 0.4) is 0 Å². The maximum atomic E-state index is 11.2. The Hall–Kier alpha value is -1.46. The normalized spacial score (nSPS) is 14.2. The van der Waals surface area contributed by atoms with Crippen LogP contribution < -0.4 is 5.32 Å². The van der Waals surface area contributed by atoms with Gasteiger partial charge in [0.15, 0.2) is 0 Å². The number of nitrogens with zero attached hydrogens (tertiary/aromatic N) is 1. The van der Waals surface area contributed by atoms with E-state index in [4.69, 9.17) is 0 Å². The first-order valence-corrected chi connectivity index (χ1v) is 8.00. The molecular weight excluding hydrogens is 258 g/mol. The van der Waals surface area contributed by atoms with E-state index in [1.807, 2.05) is 31.3 Å². The van der Waals surface area contributed by atoms with Crippen LogP contribution in [0.25, 0.3) is 11.3 Å². The van der Waals surface area contributed by atoms with Crippen LogP contribution in [0.4, 0.5) is 0 Å². The van der Waals surface area contributed by atoms with Crippen molar-refractivity contribution in [1.29, 1.82) is 0 Å². The van der Waals surface area contributed by atoms with Crippen LogP contribution in [-0.2, 0) is 17.3 Å². The lowest BCUT2D eigenvalue weighted by Crippen LogP contribution is -2.30. The number of rotatable bonds is 6. The Kier molecular flexibility index (Phi) is 4.87. The third-order valence-corrected chi connectivity index (χ3v) is 3.88. The predicted molar refractivity (Wildman–Crippen MR) is 79.3 cm³/mol. The molecule has 0 fully saturated rings. The monoisotopic (exact) mass is 277 g/mol. The standard InChI is InChI=1S/C14H19N3OS/c1-11(10-19(2)18)15-8-13-9-16-17-14(13)12-6-4-3-5-7-12/h3-7,9,11,15H,8,10H2,1-2H3,(H,16,17). The van der Waals surface area contributed by atoms with Gasteiger partial charge in [0.1, 0.15) is 0 Å². The van der Waals surface area contributed by atoms with Gasteiger partial charge in [-0.05, 0) is 12.5 Å². The van der Waals surface area contributed by atoms with E-state index >= 15 is 0 Å². The Labute approximate surface area is 116 Å². The van der Waals surface area contributed by atoms with Crippen LogP contribution in [0.5, 0.6) is 0 Å². The fourth-order valence-electron chi connectivity index (χ4n) is 2.00. The highest BCUT2D eigenvalue weighted by atomic mass is 32.2. The highest BCUT2D eigenvalue weighted by Gasteiger charge is 2.09. The van der Waals surface area contributed by atoms with Crippen molar-refractivity contribution in [3.63, 3.8) is 0 Å². The minimum atomic E-state index is -0.771. The summed E-state index contributed by atoms with van der Waals surface area (Å²) in [5, 5.41) is 10.5. The first-order chi connectivity index (χ1) is 9.16. The van der Waals surface area contributed by atoms with Gasteiger partial charge in [0.2, 0.25) is 0 Å². The molecule has 0 saturated carbocycles. The second kappa shape index (κ2) is 6.63. The smallest absolute Gasteiger partial charge is 0.0695 e. The molecule has 102 valence electrons. The molecule has 0 aliphatic heterocycles. The Balaban J connectivity index is 2.03. The summed E-state index contributed by atoms with van der Waals surface area (Å²) in [6.45, 7) is 2.77. The molecule has 1 aromatic carbocycles. The quantitative estimate of drug-likeness (QED) is 0.848. The van der Waals surface area contributed by atoms with E-state index in [0.717, 1.165) is 23.4 Å². The largest absolute Gasteiger partial charge is 0.309 e. The zero-order chi connectivity index (χ0) is 13.7. The molecule has 0 spiro atoms. The van der Waals surface area contributed by atoms with Gasteiger partial charge >= 0.3 is 0 Å². The number of aromatic amines is 1. The van der Waals surface area contributed by atoms with Crippen molar-refractivity contribution in [2.45, 2.75) is 19.5 Å². The van der Waals surface area contributed by atoms with Crippen LogP contribution in [0.2, 0.25) is 0 Å². The van der Waals surface area contributed by atoms with Gasteiger partial charge in [0, 0.05) is 41.0 Å². The minimum Gasteiger partial charge on any atom is -0.309 e. The molecule has 1 aromatic heterocycles. The molecule has 2 rings (SSSR count). The zero-order valence-corrected chi connectivity index (χ0v) is 12.0. The molecule has 0 bridgehead atoms. The lowest BCUT2D eigenvalue weighted by atomic mass is 10.1. The van der Waals surface area contributed by atoms with Gasteiger partial charge in [0.05, 0.1) is 11.9 Å². The average Bonchev–Trinajstić information content (AvgIpc) is 2.85. The molecule has 19 heavy (non-hydrogen) atoms. The van der Waals surface area contributed by atoms with E-state index in [1.54, 1.807) is 6.26 Å². The fraction of sp³-hybridized carbons (Fsp3) is 0.357. The number of benzene rings is 1. The molecule has 2 atom stereocenters. The minimum absolute atomic E-state index is 0.226. The Morgan fingerprint density at radius 1 is 1.37 bits per heavy atom. The summed E-state index contributed by atoms with van der Waals surface area (Å²) in [6.07, 6.45) is 3.57. The molecule has 2 aromatic rings. The molecule has 1 heterocycles. The molecule has 4 nitrogen and oxygen atoms in total.